The SMILES string of the molecule is CCCCOC(=O)CCCCCCC(O)CN(CCCCC(=O)OCCN1CCN(CCSSCCCC)CC1)CC(O)CCCCCCC(=O)OCCCC. The molecule has 2 atom stereocenters. The summed E-state index contributed by atoms with van der Waals surface area (Å²) >= 11 is 0. The number of piperazine rings is 1. The summed E-state index contributed by atoms with van der Waals surface area (Å²) in [7, 11) is 3.98. The summed E-state index contributed by atoms with van der Waals surface area (Å²) in [5, 5.41) is 21.8. The fourth-order valence-corrected chi connectivity index (χ4v) is 8.80. The molecular weight excluding hydrogens is 751 g/mol. The van der Waals surface area contributed by atoms with Gasteiger partial charge in [-0.25, -0.2) is 0 Å². The molecule has 0 radical (unpaired) electrons. The van der Waals surface area contributed by atoms with Crippen LogP contribution in [0.1, 0.15) is 156 Å². The van der Waals surface area contributed by atoms with Crippen LogP contribution in [0.5, 0.6) is 0 Å². The molecular formula is C43H83N3O8S2. The second-order valence-corrected chi connectivity index (χ2v) is 18.2. The number of carbonyl (C=O) groups excluding carboxylic acids is 3. The molecule has 1 fully saturated rings. The summed E-state index contributed by atoms with van der Waals surface area (Å²) in [6.45, 7) is 15.6. The minimum Gasteiger partial charge on any atom is -0.466 e. The molecule has 56 heavy (non-hydrogen) atoms. The highest BCUT2D eigenvalue weighted by atomic mass is 33.1. The van der Waals surface area contributed by atoms with Crippen LogP contribution < -0.4 is 0 Å². The molecule has 1 aliphatic rings. The number of hydrogen-bond donors (Lipinski definition) is 2. The molecule has 2 N–H and O–H groups in total. The summed E-state index contributed by atoms with van der Waals surface area (Å²) in [6, 6.07) is 0. The quantitative estimate of drug-likeness (QED) is 0.0270. The number of aliphatic hydroxyl groups is 2. The molecule has 1 saturated heterocycles. The number of carbonyl (C=O) groups is 3. The fourth-order valence-electron chi connectivity index (χ4n) is 6.54. The van der Waals surface area contributed by atoms with Gasteiger partial charge in [-0.15, -0.1) is 0 Å². The summed E-state index contributed by atoms with van der Waals surface area (Å²) in [5.41, 5.74) is 0. The molecule has 2 unspecified atom stereocenters. The van der Waals surface area contributed by atoms with E-state index in [-0.39, 0.29) is 17.9 Å². The van der Waals surface area contributed by atoms with Crippen LogP contribution in [-0.4, -0.2) is 145 Å². The van der Waals surface area contributed by atoms with E-state index in [0.717, 1.165) is 123 Å². The van der Waals surface area contributed by atoms with Crippen molar-refractivity contribution in [2.75, 3.05) is 90.2 Å². The van der Waals surface area contributed by atoms with Crippen molar-refractivity contribution in [3.05, 3.63) is 0 Å². The van der Waals surface area contributed by atoms with Crippen LogP contribution in [0.25, 0.3) is 0 Å². The van der Waals surface area contributed by atoms with Gasteiger partial charge in [-0.3, -0.25) is 29.1 Å². The van der Waals surface area contributed by atoms with Crippen molar-refractivity contribution in [3.8, 4) is 0 Å². The number of ether oxygens (including phenoxy) is 3. The van der Waals surface area contributed by atoms with E-state index in [2.05, 4.69) is 35.5 Å². The van der Waals surface area contributed by atoms with Gasteiger partial charge in [0.1, 0.15) is 6.61 Å². The second kappa shape index (κ2) is 38.1. The Morgan fingerprint density at radius 3 is 1.46 bits per heavy atom. The van der Waals surface area contributed by atoms with Crippen molar-refractivity contribution in [1.29, 1.82) is 0 Å². The van der Waals surface area contributed by atoms with Crippen LogP contribution in [0.2, 0.25) is 0 Å². The molecule has 0 aromatic rings. The zero-order valence-corrected chi connectivity index (χ0v) is 37.5. The Morgan fingerprint density at radius 2 is 0.964 bits per heavy atom. The van der Waals surface area contributed by atoms with Crippen molar-refractivity contribution in [2.24, 2.45) is 0 Å². The number of unbranched alkanes of at least 4 members (excludes halogenated alkanes) is 10. The molecule has 330 valence electrons. The van der Waals surface area contributed by atoms with E-state index in [1.807, 2.05) is 21.6 Å². The summed E-state index contributed by atoms with van der Waals surface area (Å²) in [5.74, 6) is 2.02. The monoisotopic (exact) mass is 834 g/mol. The van der Waals surface area contributed by atoms with Crippen LogP contribution in [0.15, 0.2) is 0 Å². The fraction of sp³-hybridized carbons (Fsp3) is 0.930. The Kier molecular flexibility index (Phi) is 36.0. The van der Waals surface area contributed by atoms with E-state index in [4.69, 9.17) is 14.2 Å². The van der Waals surface area contributed by atoms with Gasteiger partial charge in [0.25, 0.3) is 0 Å². The molecule has 1 aliphatic heterocycles. The predicted molar refractivity (Wildman–Crippen MR) is 233 cm³/mol. The Labute approximate surface area is 349 Å². The molecule has 0 aromatic carbocycles. The predicted octanol–water partition coefficient (Wildman–Crippen LogP) is 7.89. The van der Waals surface area contributed by atoms with Crippen LogP contribution in [0.4, 0.5) is 0 Å². The van der Waals surface area contributed by atoms with Gasteiger partial charge in [0.05, 0.1) is 25.4 Å². The molecule has 11 nitrogen and oxygen atoms in total. The maximum Gasteiger partial charge on any atom is 0.305 e. The van der Waals surface area contributed by atoms with Crippen molar-refractivity contribution in [3.63, 3.8) is 0 Å². The maximum atomic E-state index is 12.5. The third kappa shape index (κ3) is 32.8. The normalized spacial score (nSPS) is 14.9. The van der Waals surface area contributed by atoms with E-state index < -0.39 is 12.2 Å². The van der Waals surface area contributed by atoms with Crippen LogP contribution >= 0.6 is 21.6 Å². The smallest absolute Gasteiger partial charge is 0.305 e. The average Bonchev–Trinajstić information content (AvgIpc) is 3.18. The third-order valence-corrected chi connectivity index (χ3v) is 12.7. The molecule has 13 heteroatoms. The van der Waals surface area contributed by atoms with Crippen molar-refractivity contribution in [2.45, 2.75) is 168 Å². The van der Waals surface area contributed by atoms with Crippen LogP contribution in [-0.2, 0) is 28.6 Å². The topological polar surface area (TPSA) is 129 Å². The first-order chi connectivity index (χ1) is 27.3. The number of rotatable bonds is 39. The molecule has 0 spiro atoms. The largest absolute Gasteiger partial charge is 0.466 e. The van der Waals surface area contributed by atoms with Gasteiger partial charge in [-0.1, -0.05) is 100 Å². The van der Waals surface area contributed by atoms with Crippen LogP contribution in [0.3, 0.4) is 0 Å². The van der Waals surface area contributed by atoms with E-state index in [0.29, 0.717) is 78.0 Å². The minimum atomic E-state index is -0.501. The lowest BCUT2D eigenvalue weighted by atomic mass is 10.1. The molecule has 0 aliphatic carbocycles. The van der Waals surface area contributed by atoms with E-state index >= 15 is 0 Å². The Balaban J connectivity index is 2.35. The van der Waals surface area contributed by atoms with Gasteiger partial charge in [-0.2, -0.15) is 0 Å². The van der Waals surface area contributed by atoms with Gasteiger partial charge in [0.15, 0.2) is 0 Å². The molecule has 0 aromatic heterocycles. The number of nitrogens with zero attached hydrogens (tertiary/aromatic N) is 3. The lowest BCUT2D eigenvalue weighted by molar-refractivity contribution is -0.145. The molecule has 0 amide bonds. The maximum absolute atomic E-state index is 12.5. The molecule has 0 saturated carbocycles. The standard InChI is InChI=1S/C43H83N3O8S2/c1-4-7-32-52-41(49)22-16-12-10-14-20-39(47)37-46(38-40(48)21-15-11-13-17-23-42(50)53-33-8-5-2)25-19-18-24-43(51)54-34-30-44-26-28-45(29-27-44)31-36-56-55-35-9-6-3/h39-40,47-48H,4-38H2,1-3H3. The van der Waals surface area contributed by atoms with Crippen molar-refractivity contribution < 1.29 is 38.8 Å². The van der Waals surface area contributed by atoms with Crippen LogP contribution in [0, 0.1) is 0 Å². The Bertz CT molecular complexity index is 903. The highest BCUT2D eigenvalue weighted by molar-refractivity contribution is 8.76. The summed E-state index contributed by atoms with van der Waals surface area (Å²) < 4.78 is 16.1. The zero-order chi connectivity index (χ0) is 40.9. The lowest BCUT2D eigenvalue weighted by Gasteiger charge is -2.34. The number of aliphatic hydroxyl groups excluding tert-OH is 2. The molecule has 1 heterocycles. The van der Waals surface area contributed by atoms with Crippen molar-refractivity contribution in [1.82, 2.24) is 14.7 Å². The Hall–Kier alpha value is -1.09. The van der Waals surface area contributed by atoms with Gasteiger partial charge < -0.3 is 24.4 Å². The zero-order valence-electron chi connectivity index (χ0n) is 35.9. The first-order valence-electron chi connectivity index (χ1n) is 22.5. The highest BCUT2D eigenvalue weighted by Crippen LogP contribution is 2.22. The second-order valence-electron chi connectivity index (χ2n) is 15.5. The van der Waals surface area contributed by atoms with E-state index in [9.17, 15) is 24.6 Å². The van der Waals surface area contributed by atoms with Gasteiger partial charge in [0.2, 0.25) is 0 Å². The van der Waals surface area contributed by atoms with Gasteiger partial charge in [0, 0.05) is 83.1 Å². The number of hydrogen-bond acceptors (Lipinski definition) is 13. The summed E-state index contributed by atoms with van der Waals surface area (Å²) in [6.07, 6.45) is 16.6. The molecule has 0 bridgehead atoms. The number of esters is 3. The Morgan fingerprint density at radius 1 is 0.536 bits per heavy atom. The lowest BCUT2D eigenvalue weighted by Crippen LogP contribution is -2.47. The summed E-state index contributed by atoms with van der Waals surface area (Å²) in [4.78, 5) is 43.2. The van der Waals surface area contributed by atoms with Gasteiger partial charge in [-0.05, 0) is 64.3 Å². The first-order valence-corrected chi connectivity index (χ1v) is 25.0. The molecule has 1 rings (SSSR count). The van der Waals surface area contributed by atoms with E-state index in [1.54, 1.807) is 0 Å². The highest BCUT2D eigenvalue weighted by Gasteiger charge is 2.18. The van der Waals surface area contributed by atoms with E-state index in [1.165, 1.54) is 24.3 Å². The van der Waals surface area contributed by atoms with Gasteiger partial charge >= 0.3 is 17.9 Å². The van der Waals surface area contributed by atoms with Crippen molar-refractivity contribution >= 4 is 39.5 Å². The minimum absolute atomic E-state index is 0.120. The average molecular weight is 834 g/mol. The first kappa shape index (κ1) is 52.9. The third-order valence-electron chi connectivity index (χ3n) is 10.2.